The molecule has 0 unspecified atom stereocenters. The average Bonchev–Trinajstić information content (AvgIpc) is 2.95. The van der Waals surface area contributed by atoms with E-state index in [-0.39, 0.29) is 11.3 Å². The minimum Gasteiger partial charge on any atom is -0.494 e. The van der Waals surface area contributed by atoms with Gasteiger partial charge in [0.1, 0.15) is 11.5 Å². The molecule has 4 nitrogen and oxygen atoms in total. The van der Waals surface area contributed by atoms with Gasteiger partial charge in [-0.15, -0.1) is 0 Å². The Morgan fingerprint density at radius 2 is 1.33 bits per heavy atom. The zero-order valence-electron chi connectivity index (χ0n) is 24.2. The van der Waals surface area contributed by atoms with Crippen molar-refractivity contribution >= 4 is 5.97 Å². The number of benzene rings is 2. The van der Waals surface area contributed by atoms with Crippen molar-refractivity contribution in [3.63, 3.8) is 0 Å². The SMILES string of the molecule is CCCCCCCCCOc1ccc(C(=O)Oc2ccc(OCCC[C@H]3CC[C@H](CCC)CC3)cc2)cc1F. The fourth-order valence-electron chi connectivity index (χ4n) is 5.54. The van der Waals surface area contributed by atoms with Crippen molar-refractivity contribution < 1.29 is 23.4 Å². The highest BCUT2D eigenvalue weighted by molar-refractivity contribution is 5.91. The van der Waals surface area contributed by atoms with E-state index in [1.807, 2.05) is 0 Å². The second-order valence-electron chi connectivity index (χ2n) is 11.1. The summed E-state index contributed by atoms with van der Waals surface area (Å²) in [7, 11) is 0. The van der Waals surface area contributed by atoms with Crippen LogP contribution in [0.25, 0.3) is 0 Å². The van der Waals surface area contributed by atoms with Crippen LogP contribution in [-0.2, 0) is 0 Å². The van der Waals surface area contributed by atoms with E-state index in [0.29, 0.717) is 19.0 Å². The molecule has 1 aliphatic carbocycles. The van der Waals surface area contributed by atoms with Gasteiger partial charge in [0, 0.05) is 0 Å². The Morgan fingerprint density at radius 1 is 0.718 bits per heavy atom. The summed E-state index contributed by atoms with van der Waals surface area (Å²) in [6.07, 6.45) is 18.7. The van der Waals surface area contributed by atoms with Crippen molar-refractivity contribution in [2.24, 2.45) is 11.8 Å². The van der Waals surface area contributed by atoms with Gasteiger partial charge in [0.15, 0.2) is 11.6 Å². The Balaban J connectivity index is 1.32. The van der Waals surface area contributed by atoms with E-state index < -0.39 is 11.8 Å². The zero-order chi connectivity index (χ0) is 27.7. The fraction of sp³-hybridized carbons (Fsp3) is 0.618. The number of esters is 1. The predicted octanol–water partition coefficient (Wildman–Crippen LogP) is 9.94. The van der Waals surface area contributed by atoms with Gasteiger partial charge < -0.3 is 14.2 Å². The van der Waals surface area contributed by atoms with Gasteiger partial charge in [0.25, 0.3) is 0 Å². The van der Waals surface area contributed by atoms with Crippen molar-refractivity contribution in [2.75, 3.05) is 13.2 Å². The van der Waals surface area contributed by atoms with Crippen LogP contribution in [0, 0.1) is 17.7 Å². The Hall–Kier alpha value is -2.56. The van der Waals surface area contributed by atoms with Gasteiger partial charge in [-0.25, -0.2) is 9.18 Å². The van der Waals surface area contributed by atoms with Crippen LogP contribution in [0.1, 0.15) is 121 Å². The summed E-state index contributed by atoms with van der Waals surface area (Å²) in [5, 5.41) is 0. The molecule has 0 saturated heterocycles. The molecule has 1 fully saturated rings. The van der Waals surface area contributed by atoms with Gasteiger partial charge in [-0.2, -0.15) is 0 Å². The first-order valence-corrected chi connectivity index (χ1v) is 15.5. The van der Waals surface area contributed by atoms with E-state index in [1.165, 1.54) is 89.2 Å². The van der Waals surface area contributed by atoms with Gasteiger partial charge in [-0.05, 0) is 73.6 Å². The van der Waals surface area contributed by atoms with E-state index in [4.69, 9.17) is 14.2 Å². The summed E-state index contributed by atoms with van der Waals surface area (Å²) in [5.74, 6) is 1.97. The molecule has 2 aromatic carbocycles. The third-order valence-corrected chi connectivity index (χ3v) is 7.90. The molecule has 0 heterocycles. The average molecular weight is 541 g/mol. The van der Waals surface area contributed by atoms with Crippen LogP contribution < -0.4 is 14.2 Å². The number of halogens is 1. The van der Waals surface area contributed by atoms with Crippen LogP contribution in [-0.4, -0.2) is 19.2 Å². The molecule has 1 aliphatic rings. The van der Waals surface area contributed by atoms with Crippen molar-refractivity contribution in [3.8, 4) is 17.2 Å². The smallest absolute Gasteiger partial charge is 0.343 e. The quantitative estimate of drug-likeness (QED) is 0.107. The minimum atomic E-state index is -0.602. The fourth-order valence-corrected chi connectivity index (χ4v) is 5.54. The maximum Gasteiger partial charge on any atom is 0.343 e. The first kappa shape index (κ1) is 31.0. The number of unbranched alkanes of at least 4 members (excludes halogenated alkanes) is 6. The summed E-state index contributed by atoms with van der Waals surface area (Å²) < 4.78 is 31.4. The number of carbonyl (C=O) groups is 1. The molecular weight excluding hydrogens is 491 g/mol. The molecular formula is C34H49FO4. The molecule has 0 radical (unpaired) electrons. The number of hydrogen-bond donors (Lipinski definition) is 0. The first-order valence-electron chi connectivity index (χ1n) is 15.5. The lowest BCUT2D eigenvalue weighted by molar-refractivity contribution is 0.0734. The highest BCUT2D eigenvalue weighted by atomic mass is 19.1. The highest BCUT2D eigenvalue weighted by Gasteiger charge is 2.20. The Labute approximate surface area is 235 Å². The van der Waals surface area contributed by atoms with E-state index in [1.54, 1.807) is 30.3 Å². The lowest BCUT2D eigenvalue weighted by atomic mass is 9.78. The van der Waals surface area contributed by atoms with Gasteiger partial charge in [0.2, 0.25) is 0 Å². The topological polar surface area (TPSA) is 44.8 Å². The van der Waals surface area contributed by atoms with Gasteiger partial charge in [-0.1, -0.05) is 90.9 Å². The summed E-state index contributed by atoms with van der Waals surface area (Å²) in [4.78, 5) is 12.5. The molecule has 39 heavy (non-hydrogen) atoms. The lowest BCUT2D eigenvalue weighted by Gasteiger charge is -2.28. The minimum absolute atomic E-state index is 0.153. The highest BCUT2D eigenvalue weighted by Crippen LogP contribution is 2.33. The van der Waals surface area contributed by atoms with Gasteiger partial charge >= 0.3 is 5.97 Å². The van der Waals surface area contributed by atoms with E-state index in [9.17, 15) is 9.18 Å². The third-order valence-electron chi connectivity index (χ3n) is 7.90. The van der Waals surface area contributed by atoms with Crippen molar-refractivity contribution in [3.05, 3.63) is 53.8 Å². The largest absolute Gasteiger partial charge is 0.494 e. The molecule has 0 spiro atoms. The second-order valence-corrected chi connectivity index (χ2v) is 11.1. The molecule has 5 heteroatoms. The zero-order valence-corrected chi connectivity index (χ0v) is 24.2. The van der Waals surface area contributed by atoms with Crippen LogP contribution in [0.2, 0.25) is 0 Å². The van der Waals surface area contributed by atoms with Gasteiger partial charge in [0.05, 0.1) is 18.8 Å². The third kappa shape index (κ3) is 11.6. The Bertz CT molecular complexity index is 950. The van der Waals surface area contributed by atoms with Crippen molar-refractivity contribution in [1.82, 2.24) is 0 Å². The predicted molar refractivity (Wildman–Crippen MR) is 156 cm³/mol. The number of rotatable bonds is 18. The molecule has 0 amide bonds. The number of hydrogen-bond acceptors (Lipinski definition) is 4. The maximum atomic E-state index is 14.5. The van der Waals surface area contributed by atoms with Crippen LogP contribution in [0.4, 0.5) is 4.39 Å². The summed E-state index contributed by atoms with van der Waals surface area (Å²) >= 11 is 0. The Morgan fingerprint density at radius 3 is 2.00 bits per heavy atom. The van der Waals surface area contributed by atoms with Crippen LogP contribution in [0.3, 0.4) is 0 Å². The normalized spacial score (nSPS) is 17.1. The maximum absolute atomic E-state index is 14.5. The molecule has 0 bridgehead atoms. The molecule has 0 atom stereocenters. The monoisotopic (exact) mass is 540 g/mol. The first-order chi connectivity index (χ1) is 19.1. The van der Waals surface area contributed by atoms with E-state index >= 15 is 0 Å². The molecule has 216 valence electrons. The number of carbonyl (C=O) groups excluding carboxylic acids is 1. The molecule has 0 N–H and O–H groups in total. The van der Waals surface area contributed by atoms with E-state index in [0.717, 1.165) is 36.8 Å². The molecule has 0 aliphatic heterocycles. The summed E-state index contributed by atoms with van der Waals surface area (Å²) in [5.41, 5.74) is 0.153. The molecule has 0 aromatic heterocycles. The lowest BCUT2D eigenvalue weighted by Crippen LogP contribution is -2.15. The van der Waals surface area contributed by atoms with Crippen LogP contribution in [0.5, 0.6) is 17.2 Å². The molecule has 1 saturated carbocycles. The molecule has 2 aromatic rings. The van der Waals surface area contributed by atoms with Gasteiger partial charge in [-0.3, -0.25) is 0 Å². The van der Waals surface area contributed by atoms with Crippen molar-refractivity contribution in [1.29, 1.82) is 0 Å². The summed E-state index contributed by atoms with van der Waals surface area (Å²) in [6, 6.07) is 11.2. The van der Waals surface area contributed by atoms with Crippen molar-refractivity contribution in [2.45, 2.75) is 110 Å². The standard InChI is InChI=1S/C34H49FO4/c1-3-5-6-7-8-9-10-24-38-33-23-18-29(26-32(33)35)34(36)39-31-21-19-30(20-22-31)37-25-11-13-28-16-14-27(12-4-2)15-17-28/h18-23,26-28H,3-17,24-25H2,1-2H3/t27-,28-. The molecule has 3 rings (SSSR count). The Kier molecular flexibility index (Phi) is 14.2. The van der Waals surface area contributed by atoms with Crippen LogP contribution in [0.15, 0.2) is 42.5 Å². The second kappa shape index (κ2) is 17.9. The summed E-state index contributed by atoms with van der Waals surface area (Å²) in [6.45, 7) is 5.67. The number of ether oxygens (including phenoxy) is 3. The van der Waals surface area contributed by atoms with E-state index in [2.05, 4.69) is 13.8 Å². The van der Waals surface area contributed by atoms with Crippen LogP contribution >= 0.6 is 0 Å².